The third-order valence-electron chi connectivity index (χ3n) is 11.8. The highest BCUT2D eigenvalue weighted by atomic mass is 31.2. The molecular formula is C45H53N4O16P. The summed E-state index contributed by atoms with van der Waals surface area (Å²) in [6.45, 7) is 4.32. The van der Waals surface area contributed by atoms with E-state index in [-0.39, 0.29) is 6.42 Å². The van der Waals surface area contributed by atoms with Gasteiger partial charge in [-0.25, -0.2) is 14.2 Å². The zero-order chi connectivity index (χ0) is 47.8. The van der Waals surface area contributed by atoms with E-state index in [0.717, 1.165) is 21.7 Å². The lowest BCUT2D eigenvalue weighted by Gasteiger charge is -2.38. The number of hydrogen-bond acceptors (Lipinski definition) is 15. The van der Waals surface area contributed by atoms with Crippen molar-refractivity contribution in [1.29, 1.82) is 0 Å². The van der Waals surface area contributed by atoms with Crippen LogP contribution in [0, 0.1) is 5.41 Å². The number of phosphoric acid groups is 1. The third kappa shape index (κ3) is 9.65. The van der Waals surface area contributed by atoms with Crippen LogP contribution < -0.4 is 26.0 Å². The molecule has 2 unspecified atom stereocenters. The Hall–Kier alpha value is -5.54. The first-order valence-corrected chi connectivity index (χ1v) is 22.5. The normalized spacial score (nSPS) is 26.7. The van der Waals surface area contributed by atoms with Crippen LogP contribution in [0.3, 0.4) is 0 Å². The predicted molar refractivity (Wildman–Crippen MR) is 232 cm³/mol. The summed E-state index contributed by atoms with van der Waals surface area (Å²) in [5, 5.41) is 23.4. The number of amides is 3. The van der Waals surface area contributed by atoms with E-state index in [2.05, 4.69) is 4.98 Å². The van der Waals surface area contributed by atoms with E-state index in [9.17, 15) is 43.6 Å². The molecule has 20 nitrogen and oxygen atoms in total. The zero-order valence-electron chi connectivity index (χ0n) is 37.1. The molecular weight excluding hydrogens is 883 g/mol. The largest absolute Gasteiger partial charge is 0.497 e. The van der Waals surface area contributed by atoms with Crippen LogP contribution in [0.4, 0.5) is 4.79 Å². The van der Waals surface area contributed by atoms with E-state index in [1.807, 2.05) is 59.9 Å². The van der Waals surface area contributed by atoms with Crippen LogP contribution >= 0.6 is 7.82 Å². The number of β-amino-alcohol motifs (C(OH)–C–C–N with tert-alkyl or cyclic N) is 1. The van der Waals surface area contributed by atoms with Crippen molar-refractivity contribution in [1.82, 2.24) is 19.8 Å². The monoisotopic (exact) mass is 936 g/mol. The summed E-state index contributed by atoms with van der Waals surface area (Å²) < 4.78 is 56.7. The van der Waals surface area contributed by atoms with Crippen molar-refractivity contribution in [3.8, 4) is 11.5 Å². The van der Waals surface area contributed by atoms with Crippen molar-refractivity contribution in [3.63, 3.8) is 0 Å². The van der Waals surface area contributed by atoms with E-state index < -0.39 is 116 Å². The van der Waals surface area contributed by atoms with Crippen LogP contribution in [0.1, 0.15) is 57.2 Å². The number of ether oxygens (including phenoxy) is 5. The van der Waals surface area contributed by atoms with Gasteiger partial charge in [-0.3, -0.25) is 43.2 Å². The number of H-pyrrole nitrogens is 1. The van der Waals surface area contributed by atoms with Crippen LogP contribution in [0.2, 0.25) is 0 Å². The first-order chi connectivity index (χ1) is 31.1. The number of imide groups is 1. The third-order valence-corrected chi connectivity index (χ3v) is 12.8. The molecule has 21 heteroatoms. The van der Waals surface area contributed by atoms with Gasteiger partial charge >= 0.3 is 19.5 Å². The Morgan fingerprint density at radius 1 is 0.879 bits per heavy atom. The summed E-state index contributed by atoms with van der Waals surface area (Å²) in [7, 11) is -2.17. The second-order valence-electron chi connectivity index (χ2n) is 17.5. The molecule has 4 aromatic rings. The fraction of sp³-hybridized carbons (Fsp3) is 0.444. The number of methoxy groups -OCH3 is 2. The SMILES string of the molecule is COc1ccc(C(OC[C@H]2O[C@@](C(=O)C(C)(C)C)(n3ccc(=O)[nH]c3=O)C[C@@H]2OP(=O)(O)OC[C@H]2O[C@@H](N3CC(C)(O)C(=O)NC3=O)C[C@@H]2O)(c2ccccc2)c2ccc(OC)cc2)cc1. The summed E-state index contributed by atoms with van der Waals surface area (Å²) in [5.41, 5.74) is -6.75. The fourth-order valence-corrected chi connectivity index (χ4v) is 9.39. The summed E-state index contributed by atoms with van der Waals surface area (Å²) in [5.74, 6) is -0.437. The van der Waals surface area contributed by atoms with Crippen LogP contribution in [-0.4, -0.2) is 118 Å². The van der Waals surface area contributed by atoms with Crippen molar-refractivity contribution in [2.75, 3.05) is 34.0 Å². The Bertz CT molecular complexity index is 2530. The van der Waals surface area contributed by atoms with E-state index in [0.29, 0.717) is 28.2 Å². The van der Waals surface area contributed by atoms with Gasteiger partial charge in [0, 0.05) is 30.5 Å². The number of benzene rings is 3. The number of aromatic nitrogens is 2. The highest BCUT2D eigenvalue weighted by Gasteiger charge is 2.59. The highest BCUT2D eigenvalue weighted by Crippen LogP contribution is 2.52. The minimum Gasteiger partial charge on any atom is -0.497 e. The van der Waals surface area contributed by atoms with Gasteiger partial charge in [0.2, 0.25) is 5.72 Å². The minimum absolute atomic E-state index is 0.199. The molecule has 3 fully saturated rings. The molecule has 8 atom stereocenters. The number of aliphatic hydroxyl groups is 2. The molecule has 0 spiro atoms. The highest BCUT2D eigenvalue weighted by molar-refractivity contribution is 7.47. The molecule has 354 valence electrons. The van der Waals surface area contributed by atoms with Gasteiger partial charge in [-0.05, 0) is 47.9 Å². The lowest BCUT2D eigenvalue weighted by Crippen LogP contribution is -2.65. The Morgan fingerprint density at radius 2 is 1.47 bits per heavy atom. The van der Waals surface area contributed by atoms with Crippen molar-refractivity contribution >= 4 is 25.5 Å². The quantitative estimate of drug-likeness (QED) is 0.0799. The Balaban J connectivity index is 1.25. The molecule has 0 saturated carbocycles. The molecule has 7 rings (SSSR count). The van der Waals surface area contributed by atoms with E-state index in [1.54, 1.807) is 45.0 Å². The molecule has 0 radical (unpaired) electrons. The van der Waals surface area contributed by atoms with Crippen LogP contribution in [0.5, 0.6) is 11.5 Å². The molecule has 3 amide bonds. The van der Waals surface area contributed by atoms with Crippen molar-refractivity contribution in [3.05, 3.63) is 129 Å². The number of aromatic amines is 1. The molecule has 4 heterocycles. The Morgan fingerprint density at radius 3 is 2.03 bits per heavy atom. The number of nitrogens with one attached hydrogen (secondary N) is 2. The number of urea groups is 1. The van der Waals surface area contributed by atoms with Gasteiger partial charge in [0.25, 0.3) is 11.5 Å². The summed E-state index contributed by atoms with van der Waals surface area (Å²) >= 11 is 0. The average Bonchev–Trinajstić information content (AvgIpc) is 3.83. The predicted octanol–water partition coefficient (Wildman–Crippen LogP) is 2.90. The summed E-state index contributed by atoms with van der Waals surface area (Å²) in [4.78, 5) is 79.9. The second kappa shape index (κ2) is 18.6. The number of Topliss-reactive ketones (excluding diaryl/α,β-unsaturated/α-hetero) is 1. The van der Waals surface area contributed by atoms with Crippen LogP contribution in [0.15, 0.2) is 101 Å². The maximum Gasteiger partial charge on any atom is 0.472 e. The molecule has 0 aliphatic carbocycles. The second-order valence-corrected chi connectivity index (χ2v) is 18.9. The average molecular weight is 937 g/mol. The number of rotatable bonds is 16. The topological polar surface area (TPSA) is 264 Å². The first-order valence-electron chi connectivity index (χ1n) is 21.0. The summed E-state index contributed by atoms with van der Waals surface area (Å²) in [6.07, 6.45) is -6.44. The molecule has 3 aliphatic rings. The maximum absolute atomic E-state index is 14.7. The number of ketones is 1. The molecule has 5 N–H and O–H groups in total. The van der Waals surface area contributed by atoms with Gasteiger partial charge in [-0.15, -0.1) is 0 Å². The number of phosphoric ester groups is 1. The minimum atomic E-state index is -5.23. The van der Waals surface area contributed by atoms with Gasteiger partial charge < -0.3 is 38.8 Å². The van der Waals surface area contributed by atoms with Gasteiger partial charge in [-0.1, -0.05) is 75.4 Å². The number of aliphatic hydroxyl groups excluding tert-OH is 1. The van der Waals surface area contributed by atoms with Gasteiger partial charge in [0.1, 0.15) is 41.6 Å². The molecule has 3 aliphatic heterocycles. The van der Waals surface area contributed by atoms with Crippen LogP contribution in [0.25, 0.3) is 0 Å². The van der Waals surface area contributed by atoms with E-state index >= 15 is 0 Å². The number of nitrogens with zero attached hydrogens (tertiary/aromatic N) is 2. The fourth-order valence-electron chi connectivity index (χ4n) is 8.44. The molecule has 3 aromatic carbocycles. The molecule has 1 aromatic heterocycles. The first kappa shape index (κ1) is 48.4. The smallest absolute Gasteiger partial charge is 0.472 e. The Kier molecular flexibility index (Phi) is 13.7. The molecule has 0 bridgehead atoms. The van der Waals surface area contributed by atoms with Crippen molar-refractivity contribution < 1.29 is 66.8 Å². The van der Waals surface area contributed by atoms with E-state index in [1.165, 1.54) is 21.1 Å². The lowest BCUT2D eigenvalue weighted by molar-refractivity contribution is -0.175. The summed E-state index contributed by atoms with van der Waals surface area (Å²) in [6, 6.07) is 23.6. The molecule has 66 heavy (non-hydrogen) atoms. The maximum atomic E-state index is 14.7. The van der Waals surface area contributed by atoms with E-state index in [4.69, 9.17) is 32.7 Å². The zero-order valence-corrected chi connectivity index (χ0v) is 38.0. The number of hydrogen-bond donors (Lipinski definition) is 5. The van der Waals surface area contributed by atoms with Crippen LogP contribution in [-0.2, 0) is 48.7 Å². The van der Waals surface area contributed by atoms with Gasteiger partial charge in [-0.2, -0.15) is 0 Å². The van der Waals surface area contributed by atoms with Gasteiger partial charge in [0.05, 0.1) is 40.1 Å². The Labute approximate surface area is 378 Å². The number of carbonyl (C=O) groups is 3. The number of carbonyl (C=O) groups excluding carboxylic acids is 3. The van der Waals surface area contributed by atoms with Crippen molar-refractivity contribution in [2.45, 2.75) is 88.1 Å². The van der Waals surface area contributed by atoms with Gasteiger partial charge in [0.15, 0.2) is 11.4 Å². The van der Waals surface area contributed by atoms with Crippen molar-refractivity contribution in [2.24, 2.45) is 5.41 Å². The standard InChI is InChI=1S/C45H53N4O16P/c1-42(2,3)38(52)44(49-21-20-36(51)46-41(49)55)23-33(65-66(57,58)62-25-34-32(50)22-37(63-34)48-26-43(4,56)39(53)47-40(48)54)35(64-44)24-61-45(27-10-8-7-9-11-27,28-12-16-30(59-5)17-13-28)29-14-18-31(60-6)19-15-29/h7-21,32-35,37,50,56H,22-26H2,1-6H3,(H,57,58)(H,46,51,55)(H,47,53,54)/t32-,33-,34+,35+,37+,43?,44-/m0/s1. The molecule has 3 saturated heterocycles. The lowest BCUT2D eigenvalue weighted by atomic mass is 9.80.